The Balaban J connectivity index is 1.21. The fraction of sp³-hybridized carbons (Fsp3) is 0.355. The predicted molar refractivity (Wildman–Crippen MR) is 159 cm³/mol. The van der Waals surface area contributed by atoms with Crippen LogP contribution in [0.15, 0.2) is 59.6 Å². The molecule has 0 aliphatic carbocycles. The molecule has 0 spiro atoms. The molecule has 10 nitrogen and oxygen atoms in total. The van der Waals surface area contributed by atoms with Crippen LogP contribution in [-0.4, -0.2) is 66.4 Å². The molecule has 224 valence electrons. The minimum Gasteiger partial charge on any atom is -0.375 e. The number of carbonyl (C=O) groups excluding carboxylic acids is 1. The summed E-state index contributed by atoms with van der Waals surface area (Å²) in [4.78, 5) is 29.1. The quantitative estimate of drug-likeness (QED) is 0.359. The first-order valence-electron chi connectivity index (χ1n) is 14.1. The van der Waals surface area contributed by atoms with Crippen molar-refractivity contribution >= 4 is 32.5 Å². The Morgan fingerprint density at radius 2 is 1.81 bits per heavy atom. The summed E-state index contributed by atoms with van der Waals surface area (Å²) in [6.45, 7) is 6.94. The molecule has 4 aromatic rings. The van der Waals surface area contributed by atoms with Gasteiger partial charge in [0.2, 0.25) is 0 Å². The molecule has 43 heavy (non-hydrogen) atoms. The number of rotatable bonds is 5. The largest absolute Gasteiger partial charge is 0.375 e. The lowest BCUT2D eigenvalue weighted by molar-refractivity contribution is -0.00545. The van der Waals surface area contributed by atoms with Gasteiger partial charge in [-0.2, -0.15) is 0 Å². The smallest absolute Gasteiger partial charge is 0.251 e. The molecule has 0 radical (unpaired) electrons. The first-order valence-corrected chi connectivity index (χ1v) is 15.7. The van der Waals surface area contributed by atoms with E-state index < -0.39 is 26.8 Å². The molecule has 0 unspecified atom stereocenters. The number of benzene rings is 1. The van der Waals surface area contributed by atoms with Gasteiger partial charge in [-0.25, -0.2) is 22.8 Å². The summed E-state index contributed by atoms with van der Waals surface area (Å²) in [6, 6.07) is 13.7. The Hall–Kier alpha value is -4.00. The molecule has 0 saturated carbocycles. The normalized spacial score (nSPS) is 21.7. The van der Waals surface area contributed by atoms with Crippen LogP contribution >= 0.6 is 0 Å². The second-order valence-electron chi connectivity index (χ2n) is 11.1. The van der Waals surface area contributed by atoms with Crippen LogP contribution in [0.5, 0.6) is 0 Å². The van der Waals surface area contributed by atoms with Gasteiger partial charge in [-0.15, -0.1) is 0 Å². The molecular weight excluding hydrogens is 573 g/mol. The van der Waals surface area contributed by atoms with E-state index in [0.29, 0.717) is 16.9 Å². The monoisotopic (exact) mass is 605 g/mol. The van der Waals surface area contributed by atoms with E-state index in [4.69, 9.17) is 19.4 Å². The van der Waals surface area contributed by atoms with Gasteiger partial charge in [0.05, 0.1) is 64.7 Å². The number of pyridine rings is 3. The molecule has 1 aromatic carbocycles. The lowest BCUT2D eigenvalue weighted by Crippen LogP contribution is -2.45. The van der Waals surface area contributed by atoms with Crippen molar-refractivity contribution in [2.45, 2.75) is 56.3 Å². The number of nitrogens with one attached hydrogen (secondary N) is 1. The lowest BCUT2D eigenvalue weighted by Gasteiger charge is -2.36. The molecule has 1 saturated heterocycles. The summed E-state index contributed by atoms with van der Waals surface area (Å²) in [5.41, 5.74) is 2.49. The molecule has 1 N–H and O–H groups in total. The summed E-state index contributed by atoms with van der Waals surface area (Å²) in [6.07, 6.45) is 1.90. The number of halogens is 1. The maximum atomic E-state index is 14.9. The Kier molecular flexibility index (Phi) is 7.84. The highest BCUT2D eigenvalue weighted by molar-refractivity contribution is 7.92. The van der Waals surface area contributed by atoms with Crippen molar-refractivity contribution in [3.05, 3.63) is 77.4 Å². The number of ether oxygens (including phenoxy) is 2. The Morgan fingerprint density at radius 1 is 1.05 bits per heavy atom. The summed E-state index contributed by atoms with van der Waals surface area (Å²) in [7, 11) is -3.85. The highest BCUT2D eigenvalue weighted by atomic mass is 32.2. The molecule has 5 heterocycles. The van der Waals surface area contributed by atoms with Crippen LogP contribution in [0.3, 0.4) is 0 Å². The van der Waals surface area contributed by atoms with Crippen molar-refractivity contribution in [1.82, 2.24) is 20.3 Å². The second kappa shape index (κ2) is 11.6. The predicted octanol–water partition coefficient (Wildman–Crippen LogP) is 4.07. The van der Waals surface area contributed by atoms with Gasteiger partial charge < -0.3 is 19.7 Å². The molecule has 2 aliphatic rings. The molecular formula is C31H32FN5O5S. The number of nitrogens with zero attached hydrogens (tertiary/aromatic N) is 4. The number of anilines is 1. The first kappa shape index (κ1) is 29.1. The standard InChI is InChI=1S/C31H32FN5O5S/c1-18-14-37(15-19(2)42-18)30-6-4-5-26(36-30)27-8-7-21-12-33-23(11-28(21)35-27)13-34-31(38)22-9-25(32)24-17-41-16-20(3)43(39,40)29(24)10-22/h4-12,18-20H,13-17H2,1-3H3,(H,34,38)/t18-,19+,20-/m1/s1. The van der Waals surface area contributed by atoms with Crippen LogP contribution in [0.4, 0.5) is 10.2 Å². The highest BCUT2D eigenvalue weighted by Gasteiger charge is 2.32. The zero-order chi connectivity index (χ0) is 30.3. The molecule has 2 aliphatic heterocycles. The molecule has 1 fully saturated rings. The topological polar surface area (TPSA) is 124 Å². The maximum Gasteiger partial charge on any atom is 0.251 e. The summed E-state index contributed by atoms with van der Waals surface area (Å²) in [5.74, 6) is -0.550. The van der Waals surface area contributed by atoms with Crippen LogP contribution in [0.1, 0.15) is 42.4 Å². The number of hydrogen-bond acceptors (Lipinski definition) is 9. The number of hydrogen-bond donors (Lipinski definition) is 1. The molecule has 3 atom stereocenters. The third-order valence-corrected chi connectivity index (χ3v) is 9.83. The summed E-state index contributed by atoms with van der Waals surface area (Å²) < 4.78 is 51.9. The van der Waals surface area contributed by atoms with E-state index in [1.165, 1.54) is 13.0 Å². The van der Waals surface area contributed by atoms with Crippen molar-refractivity contribution in [3.8, 4) is 11.4 Å². The van der Waals surface area contributed by atoms with Crippen LogP contribution in [0.2, 0.25) is 0 Å². The van der Waals surface area contributed by atoms with Crippen molar-refractivity contribution in [1.29, 1.82) is 0 Å². The second-order valence-corrected chi connectivity index (χ2v) is 13.4. The third-order valence-electron chi connectivity index (χ3n) is 7.65. The van der Waals surface area contributed by atoms with Crippen LogP contribution in [0, 0.1) is 5.82 Å². The highest BCUT2D eigenvalue weighted by Crippen LogP contribution is 2.29. The fourth-order valence-corrected chi connectivity index (χ4v) is 6.95. The Morgan fingerprint density at radius 3 is 2.60 bits per heavy atom. The van der Waals surface area contributed by atoms with Crippen LogP contribution in [0.25, 0.3) is 22.3 Å². The number of carbonyl (C=O) groups is 1. The zero-order valence-corrected chi connectivity index (χ0v) is 24.9. The Bertz CT molecular complexity index is 1810. The zero-order valence-electron chi connectivity index (χ0n) is 24.1. The maximum absolute atomic E-state index is 14.9. The van der Waals surface area contributed by atoms with E-state index in [2.05, 4.69) is 29.0 Å². The first-order chi connectivity index (χ1) is 20.6. The van der Waals surface area contributed by atoms with Gasteiger partial charge in [0.1, 0.15) is 11.6 Å². The van der Waals surface area contributed by atoms with Gasteiger partial charge >= 0.3 is 0 Å². The number of amides is 1. The van der Waals surface area contributed by atoms with Gasteiger partial charge in [0, 0.05) is 35.8 Å². The van der Waals surface area contributed by atoms with Crippen LogP contribution < -0.4 is 10.2 Å². The van der Waals surface area contributed by atoms with E-state index in [0.717, 1.165) is 36.1 Å². The molecule has 6 rings (SSSR count). The van der Waals surface area contributed by atoms with Gasteiger partial charge in [-0.05, 0) is 63.2 Å². The minimum absolute atomic E-state index is 0.0345. The van der Waals surface area contributed by atoms with Gasteiger partial charge in [-0.1, -0.05) is 6.07 Å². The Labute approximate surface area is 249 Å². The number of aromatic nitrogens is 3. The molecule has 0 bridgehead atoms. The van der Waals surface area contributed by atoms with Crippen molar-refractivity contribution < 1.29 is 27.1 Å². The van der Waals surface area contributed by atoms with Crippen molar-refractivity contribution in [3.63, 3.8) is 0 Å². The van der Waals surface area contributed by atoms with Gasteiger partial charge in [0.25, 0.3) is 5.91 Å². The number of morpholine rings is 1. The van der Waals surface area contributed by atoms with Crippen molar-refractivity contribution in [2.75, 3.05) is 24.6 Å². The van der Waals surface area contributed by atoms with Gasteiger partial charge in [0.15, 0.2) is 9.84 Å². The molecule has 3 aromatic heterocycles. The molecule has 1 amide bonds. The van der Waals surface area contributed by atoms with E-state index >= 15 is 0 Å². The van der Waals surface area contributed by atoms with E-state index in [1.807, 2.05) is 30.3 Å². The van der Waals surface area contributed by atoms with E-state index in [1.54, 1.807) is 12.3 Å². The summed E-state index contributed by atoms with van der Waals surface area (Å²) >= 11 is 0. The molecule has 12 heteroatoms. The van der Waals surface area contributed by atoms with Crippen molar-refractivity contribution in [2.24, 2.45) is 0 Å². The van der Waals surface area contributed by atoms with Crippen LogP contribution in [-0.2, 0) is 32.5 Å². The fourth-order valence-electron chi connectivity index (χ4n) is 5.45. The average Bonchev–Trinajstić information content (AvgIpc) is 3.10. The number of fused-ring (bicyclic) bond motifs is 2. The van der Waals surface area contributed by atoms with E-state index in [9.17, 15) is 17.6 Å². The lowest BCUT2D eigenvalue weighted by atomic mass is 10.1. The minimum atomic E-state index is -3.85. The summed E-state index contributed by atoms with van der Waals surface area (Å²) in [5, 5.41) is 2.68. The third kappa shape index (κ3) is 5.95. The average molecular weight is 606 g/mol. The SMILES string of the molecule is C[C@@H]1CN(c2cccc(-c3ccc4cnc(CNC(=O)c5cc(F)c6c(c5)S(=O)(=O)[C@H](C)COC6)cc4n3)n2)C[C@H](C)O1. The number of sulfone groups is 1. The van der Waals surface area contributed by atoms with E-state index in [-0.39, 0.29) is 48.0 Å². The van der Waals surface area contributed by atoms with Gasteiger partial charge in [-0.3, -0.25) is 9.78 Å².